The number of nitrogens with zero attached hydrogens (tertiary/aromatic N) is 8. The van der Waals surface area contributed by atoms with E-state index in [4.69, 9.17) is 20.9 Å². The smallest absolute Gasteiger partial charge is 0.239 e. The number of halogens is 1. The molecule has 13 nitrogen and oxygen atoms in total. The number of ether oxygens (including phenoxy) is 1. The number of aromatic nitrogens is 8. The molecule has 0 bridgehead atoms. The van der Waals surface area contributed by atoms with Gasteiger partial charge in [-0.1, -0.05) is 29.7 Å². The molecule has 0 spiro atoms. The number of methoxy groups -OCH3 is 1. The first-order valence-corrected chi connectivity index (χ1v) is 12.8. The first-order chi connectivity index (χ1) is 17.1. The van der Waals surface area contributed by atoms with Crippen LogP contribution in [0.4, 0.5) is 5.95 Å². The highest BCUT2D eigenvalue weighted by Gasteiger charge is 2.33. The topological polar surface area (TPSA) is 164 Å². The predicted molar refractivity (Wildman–Crippen MR) is 130 cm³/mol. The van der Waals surface area contributed by atoms with Gasteiger partial charge >= 0.3 is 0 Å². The molecular formula is C21H24ClN9O4S. The third-order valence-electron chi connectivity index (χ3n) is 5.64. The van der Waals surface area contributed by atoms with Gasteiger partial charge in [-0.3, -0.25) is 9.29 Å². The second-order valence-electron chi connectivity index (χ2n) is 8.03. The van der Waals surface area contributed by atoms with E-state index in [9.17, 15) is 8.42 Å². The van der Waals surface area contributed by atoms with E-state index >= 15 is 0 Å². The summed E-state index contributed by atoms with van der Waals surface area (Å²) < 4.78 is 41.2. The van der Waals surface area contributed by atoms with Gasteiger partial charge in [0, 0.05) is 31.3 Å². The number of anilines is 1. The molecule has 1 N–H and O–H groups in total. The number of nitrogens with one attached hydrogen (secondary N) is 1. The third-order valence-corrected chi connectivity index (χ3v) is 7.69. The van der Waals surface area contributed by atoms with Crippen LogP contribution in [0.5, 0.6) is 5.88 Å². The SMILES string of the molecule is COc1cccc(-c2nnc(NS(=O)(=O)[C@@H](C)[C@H](C)c3ncc(Cl)cn3)n2[C@H](C)c2noc(C)n2)n1. The summed E-state index contributed by atoms with van der Waals surface area (Å²) in [5, 5.41) is 11.7. The van der Waals surface area contributed by atoms with Crippen molar-refractivity contribution in [1.82, 2.24) is 39.9 Å². The molecule has 0 fully saturated rings. The van der Waals surface area contributed by atoms with Crippen molar-refractivity contribution in [3.05, 3.63) is 53.2 Å². The van der Waals surface area contributed by atoms with Crippen molar-refractivity contribution in [2.24, 2.45) is 0 Å². The molecule has 4 rings (SSSR count). The Balaban J connectivity index is 1.73. The number of hydrogen-bond donors (Lipinski definition) is 1. The number of rotatable bonds is 9. The van der Waals surface area contributed by atoms with E-state index in [1.165, 1.54) is 19.5 Å². The van der Waals surface area contributed by atoms with Crippen molar-refractivity contribution in [3.8, 4) is 17.4 Å². The molecule has 0 saturated carbocycles. The lowest BCUT2D eigenvalue weighted by Crippen LogP contribution is -2.32. The van der Waals surface area contributed by atoms with Crippen LogP contribution in [0.3, 0.4) is 0 Å². The van der Waals surface area contributed by atoms with E-state index in [2.05, 4.69) is 40.0 Å². The Kier molecular flexibility index (Phi) is 7.17. The summed E-state index contributed by atoms with van der Waals surface area (Å²) in [4.78, 5) is 17.0. The van der Waals surface area contributed by atoms with Gasteiger partial charge in [0.05, 0.1) is 23.4 Å². The Labute approximate surface area is 212 Å². The van der Waals surface area contributed by atoms with E-state index in [1.807, 2.05) is 0 Å². The van der Waals surface area contributed by atoms with Gasteiger partial charge in [0.1, 0.15) is 11.5 Å². The molecule has 0 aromatic carbocycles. The molecule has 0 unspecified atom stereocenters. The van der Waals surface area contributed by atoms with Crippen LogP contribution in [0.25, 0.3) is 11.5 Å². The van der Waals surface area contributed by atoms with Crippen LogP contribution in [0.2, 0.25) is 5.02 Å². The molecule has 4 aromatic rings. The van der Waals surface area contributed by atoms with Gasteiger partial charge in [-0.05, 0) is 19.9 Å². The zero-order chi connectivity index (χ0) is 26.0. The van der Waals surface area contributed by atoms with E-state index in [1.54, 1.807) is 50.5 Å². The van der Waals surface area contributed by atoms with Crippen LogP contribution in [0.15, 0.2) is 35.1 Å². The van der Waals surface area contributed by atoms with E-state index in [0.29, 0.717) is 34.1 Å². The fourth-order valence-electron chi connectivity index (χ4n) is 3.41. The summed E-state index contributed by atoms with van der Waals surface area (Å²) in [6.45, 7) is 6.70. The fourth-order valence-corrected chi connectivity index (χ4v) is 4.75. The summed E-state index contributed by atoms with van der Waals surface area (Å²) in [6.07, 6.45) is 2.84. The highest BCUT2D eigenvalue weighted by atomic mass is 35.5. The van der Waals surface area contributed by atoms with Crippen LogP contribution >= 0.6 is 11.6 Å². The minimum Gasteiger partial charge on any atom is -0.481 e. The molecule has 0 amide bonds. The standard InChI is InChI=1S/C21H24ClN9O4S/c1-11(18-23-9-15(22)10-24-18)13(3)36(32,33)30-21-28-27-20(16-7-6-8-17(26-16)34-5)31(21)12(2)19-25-14(4)35-29-19/h6-13H,1-5H3,(H,28,30)/t11-,12+,13-/m0/s1. The molecule has 0 aliphatic rings. The highest BCUT2D eigenvalue weighted by Crippen LogP contribution is 2.30. The van der Waals surface area contributed by atoms with Gasteiger partial charge in [0.25, 0.3) is 0 Å². The molecule has 4 aromatic heterocycles. The van der Waals surface area contributed by atoms with Crippen LogP contribution in [0, 0.1) is 6.92 Å². The lowest BCUT2D eigenvalue weighted by atomic mass is 10.1. The van der Waals surface area contributed by atoms with Gasteiger partial charge < -0.3 is 9.26 Å². The highest BCUT2D eigenvalue weighted by molar-refractivity contribution is 7.93. The zero-order valence-electron chi connectivity index (χ0n) is 20.1. The minimum atomic E-state index is -3.98. The van der Waals surface area contributed by atoms with Crippen molar-refractivity contribution >= 4 is 27.6 Å². The largest absolute Gasteiger partial charge is 0.481 e. The molecule has 0 aliphatic carbocycles. The van der Waals surface area contributed by atoms with E-state index < -0.39 is 27.2 Å². The predicted octanol–water partition coefficient (Wildman–Crippen LogP) is 3.03. The summed E-state index contributed by atoms with van der Waals surface area (Å²) in [5.74, 6) is 1.07. The molecule has 3 atom stereocenters. The number of hydrogen-bond acceptors (Lipinski definition) is 11. The lowest BCUT2D eigenvalue weighted by Gasteiger charge is -2.21. The van der Waals surface area contributed by atoms with Gasteiger partial charge in [0.15, 0.2) is 11.6 Å². The molecule has 0 saturated heterocycles. The average molecular weight is 534 g/mol. The second kappa shape index (κ2) is 10.1. The Morgan fingerprint density at radius 2 is 1.81 bits per heavy atom. The molecule has 190 valence electrons. The maximum absolute atomic E-state index is 13.4. The molecule has 0 radical (unpaired) electrons. The Bertz CT molecular complexity index is 1460. The molecule has 36 heavy (non-hydrogen) atoms. The zero-order valence-corrected chi connectivity index (χ0v) is 21.7. The van der Waals surface area contributed by atoms with Crippen LogP contribution in [-0.4, -0.2) is 60.6 Å². The number of aryl methyl sites for hydroxylation is 1. The Morgan fingerprint density at radius 3 is 2.44 bits per heavy atom. The fraction of sp³-hybridized carbons (Fsp3) is 0.381. The monoisotopic (exact) mass is 533 g/mol. The van der Waals surface area contributed by atoms with Crippen molar-refractivity contribution in [3.63, 3.8) is 0 Å². The first kappa shape index (κ1) is 25.4. The Hall–Kier alpha value is -3.65. The van der Waals surface area contributed by atoms with Crippen LogP contribution < -0.4 is 9.46 Å². The normalized spacial score (nSPS) is 14.3. The molecule has 15 heteroatoms. The number of pyridine rings is 1. The van der Waals surface area contributed by atoms with Crippen molar-refractivity contribution in [2.45, 2.75) is 44.9 Å². The van der Waals surface area contributed by atoms with Crippen molar-refractivity contribution < 1.29 is 17.7 Å². The average Bonchev–Trinajstić information content (AvgIpc) is 3.49. The van der Waals surface area contributed by atoms with E-state index in [0.717, 1.165) is 0 Å². The Morgan fingerprint density at radius 1 is 1.08 bits per heavy atom. The summed E-state index contributed by atoms with van der Waals surface area (Å²) in [5.41, 5.74) is 0.412. The summed E-state index contributed by atoms with van der Waals surface area (Å²) >= 11 is 5.86. The quantitative estimate of drug-likeness (QED) is 0.336. The molecule has 4 heterocycles. The van der Waals surface area contributed by atoms with Crippen molar-refractivity contribution in [2.75, 3.05) is 11.8 Å². The second-order valence-corrected chi connectivity index (χ2v) is 10.5. The molecular weight excluding hydrogens is 510 g/mol. The van der Waals surface area contributed by atoms with Gasteiger partial charge in [-0.2, -0.15) is 4.98 Å². The van der Waals surface area contributed by atoms with E-state index in [-0.39, 0.29) is 11.8 Å². The van der Waals surface area contributed by atoms with Gasteiger partial charge in [-0.25, -0.2) is 23.4 Å². The van der Waals surface area contributed by atoms with Gasteiger partial charge in [0.2, 0.25) is 27.7 Å². The van der Waals surface area contributed by atoms with Crippen LogP contribution in [-0.2, 0) is 10.0 Å². The maximum atomic E-state index is 13.4. The van der Waals surface area contributed by atoms with Gasteiger partial charge in [-0.15, -0.1) is 10.2 Å². The summed E-state index contributed by atoms with van der Waals surface area (Å²) in [6, 6.07) is 4.52. The summed E-state index contributed by atoms with van der Waals surface area (Å²) in [7, 11) is -2.49. The third kappa shape index (κ3) is 5.14. The van der Waals surface area contributed by atoms with Crippen molar-refractivity contribution in [1.29, 1.82) is 0 Å². The number of sulfonamides is 1. The minimum absolute atomic E-state index is 0.0411. The molecule has 0 aliphatic heterocycles. The lowest BCUT2D eigenvalue weighted by molar-refractivity contribution is 0.381. The maximum Gasteiger partial charge on any atom is 0.239 e. The van der Waals surface area contributed by atoms with Crippen LogP contribution in [0.1, 0.15) is 50.3 Å². The first-order valence-electron chi connectivity index (χ1n) is 10.9.